The number of hydrogen-bond acceptors (Lipinski definition) is 9. The molecule has 7 N–H and O–H groups in total. The lowest BCUT2D eigenvalue weighted by Gasteiger charge is -2.21. The van der Waals surface area contributed by atoms with Gasteiger partial charge < -0.3 is 36.8 Å². The zero-order valence-corrected chi connectivity index (χ0v) is 27.7. The molecule has 0 fully saturated rings. The summed E-state index contributed by atoms with van der Waals surface area (Å²) in [6.45, 7) is 10.4. The molecule has 4 atom stereocenters. The van der Waals surface area contributed by atoms with Crippen LogP contribution in [0.3, 0.4) is 0 Å². The molecule has 0 radical (unpaired) electrons. The van der Waals surface area contributed by atoms with Crippen molar-refractivity contribution in [3.05, 3.63) is 0 Å². The Morgan fingerprint density at radius 3 is 1.39 bits per heavy atom. The largest absolute Gasteiger partial charge is 0.396 e. The molecule has 0 heterocycles. The molecule has 13 heteroatoms. The molecule has 41 heavy (non-hydrogen) atoms. The van der Waals surface area contributed by atoms with Crippen molar-refractivity contribution >= 4 is 61.9 Å². The first-order valence-electron chi connectivity index (χ1n) is 13.8. The Morgan fingerprint density at radius 2 is 1.05 bits per heavy atom. The molecule has 0 aromatic rings. The quantitative estimate of drug-likeness (QED) is 0.124. The molecule has 242 valence electrons. The molecule has 0 aromatic carbocycles. The third-order valence-electron chi connectivity index (χ3n) is 6.04. The minimum Gasteiger partial charge on any atom is -0.396 e. The number of rotatable bonds is 20. The molecule has 0 rings (SSSR count). The number of hydrogen-bond donors (Lipinski definition) is 5. The Morgan fingerprint density at radius 1 is 0.659 bits per heavy atom. The van der Waals surface area contributed by atoms with Gasteiger partial charge in [-0.2, -0.15) is 27.0 Å². The van der Waals surface area contributed by atoms with E-state index in [4.69, 9.17) is 16.6 Å². The number of unbranched alkanes of at least 4 members (excludes halogenated alkanes) is 1. The normalized spacial score (nSPS) is 13.1. The highest BCUT2D eigenvalue weighted by atomic mass is 32.1. The van der Waals surface area contributed by atoms with Crippen molar-refractivity contribution in [2.75, 3.05) is 19.7 Å². The van der Waals surface area contributed by atoms with Crippen molar-refractivity contribution in [3.8, 4) is 0 Å². The Kier molecular flexibility index (Phi) is 30.5. The van der Waals surface area contributed by atoms with Gasteiger partial charge in [-0.25, -0.2) is 0 Å². The van der Waals surface area contributed by atoms with Crippen LogP contribution in [0.15, 0.2) is 0 Å². The smallest absolute Gasteiger partial charge is 0.226 e. The van der Waals surface area contributed by atoms with Gasteiger partial charge in [0.15, 0.2) is 11.6 Å². The van der Waals surface area contributed by atoms with Gasteiger partial charge in [-0.15, -0.1) is 0 Å². The average Bonchev–Trinajstić information content (AvgIpc) is 2.83. The first kappa shape index (κ1) is 46.2. The van der Waals surface area contributed by atoms with Gasteiger partial charge >= 0.3 is 0 Å². The van der Waals surface area contributed by atoms with Gasteiger partial charge in [0.2, 0.25) is 11.8 Å². The van der Waals surface area contributed by atoms with Crippen LogP contribution in [-0.2, 0) is 28.8 Å². The molecule has 0 aliphatic carbocycles. The molecule has 0 aliphatic heterocycles. The standard InChI is InChI=1S/C15H28N2O3.C13H24N2O4.2H2S/c1-10(2)8-13(9-11(3)18)15(20)17-14(12(4)19)6-5-7-16;1-9(17)7-11(8-16)13(19)15-12(10(2)18)5-3-4-6-14;;/h10,13-14H,5-9,16H2,1-4H3,(H,17,20);11-12,16H,3-8,14H2,1-2H3,(H,15,19);2*1H2/t13-,14+;11-,12-;;/m10../s1. The summed E-state index contributed by atoms with van der Waals surface area (Å²) >= 11 is 0. The van der Waals surface area contributed by atoms with Crippen molar-refractivity contribution in [3.63, 3.8) is 0 Å². The Labute approximate surface area is 260 Å². The molecule has 0 aromatic heterocycles. The average molecular weight is 625 g/mol. The lowest BCUT2D eigenvalue weighted by atomic mass is 9.91. The van der Waals surface area contributed by atoms with Crippen LogP contribution in [-0.4, -0.2) is 71.8 Å². The highest BCUT2D eigenvalue weighted by Gasteiger charge is 2.26. The molecule has 0 unspecified atom stereocenters. The first-order valence-corrected chi connectivity index (χ1v) is 13.8. The van der Waals surface area contributed by atoms with Gasteiger partial charge in [-0.3, -0.25) is 19.2 Å². The van der Waals surface area contributed by atoms with Gasteiger partial charge in [0.05, 0.1) is 24.6 Å². The second-order valence-electron chi connectivity index (χ2n) is 10.6. The number of Topliss-reactive ketones (excluding diaryl/α,β-unsaturated/α-hetero) is 4. The lowest BCUT2D eigenvalue weighted by molar-refractivity contribution is -0.132. The van der Waals surface area contributed by atoms with Crippen LogP contribution < -0.4 is 22.1 Å². The zero-order chi connectivity index (χ0) is 30.5. The molecule has 0 saturated heterocycles. The monoisotopic (exact) mass is 624 g/mol. The summed E-state index contributed by atoms with van der Waals surface area (Å²) in [7, 11) is 0. The van der Waals surface area contributed by atoms with Crippen molar-refractivity contribution < 1.29 is 33.9 Å². The van der Waals surface area contributed by atoms with E-state index in [9.17, 15) is 28.8 Å². The fourth-order valence-corrected chi connectivity index (χ4v) is 3.93. The number of amides is 2. The predicted octanol–water partition coefficient (Wildman–Crippen LogP) is 1.44. The minimum absolute atomic E-state index is 0. The predicted molar refractivity (Wildman–Crippen MR) is 171 cm³/mol. The maximum absolute atomic E-state index is 12.2. The molecule has 0 aliphatic rings. The highest BCUT2D eigenvalue weighted by Crippen LogP contribution is 2.17. The summed E-state index contributed by atoms with van der Waals surface area (Å²) < 4.78 is 0. The van der Waals surface area contributed by atoms with Crippen molar-refractivity contribution in [1.29, 1.82) is 0 Å². The zero-order valence-electron chi connectivity index (χ0n) is 25.7. The van der Waals surface area contributed by atoms with Crippen LogP contribution in [0.2, 0.25) is 0 Å². The fraction of sp³-hybridized carbons (Fsp3) is 0.786. The number of aliphatic hydroxyl groups is 1. The van der Waals surface area contributed by atoms with E-state index in [-0.39, 0.29) is 74.8 Å². The third kappa shape index (κ3) is 24.5. The molecule has 0 bridgehead atoms. The van der Waals surface area contributed by atoms with Crippen LogP contribution in [0.25, 0.3) is 0 Å². The number of nitrogens with one attached hydrogen (secondary N) is 2. The van der Waals surface area contributed by atoms with E-state index in [0.29, 0.717) is 44.7 Å². The maximum atomic E-state index is 12.2. The molecule has 0 spiro atoms. The summed E-state index contributed by atoms with van der Waals surface area (Å²) in [5.41, 5.74) is 10.8. The van der Waals surface area contributed by atoms with E-state index in [1.807, 2.05) is 13.8 Å². The third-order valence-corrected chi connectivity index (χ3v) is 6.04. The van der Waals surface area contributed by atoms with Gasteiger partial charge in [0.25, 0.3) is 0 Å². The summed E-state index contributed by atoms with van der Waals surface area (Å²) in [6.07, 6.45) is 4.15. The Balaban J connectivity index is -0.000000319. The van der Waals surface area contributed by atoms with Gasteiger partial charge in [-0.1, -0.05) is 13.8 Å². The van der Waals surface area contributed by atoms with Crippen LogP contribution >= 0.6 is 27.0 Å². The first-order chi connectivity index (χ1) is 18.2. The lowest BCUT2D eigenvalue weighted by Crippen LogP contribution is -2.44. The van der Waals surface area contributed by atoms with Crippen molar-refractivity contribution in [1.82, 2.24) is 10.6 Å². The van der Waals surface area contributed by atoms with Gasteiger partial charge in [0, 0.05) is 18.8 Å². The summed E-state index contributed by atoms with van der Waals surface area (Å²) in [5.74, 6) is -1.85. The van der Waals surface area contributed by atoms with E-state index in [0.717, 1.165) is 12.8 Å². The number of ketones is 4. The Bertz CT molecular complexity index is 797. The maximum Gasteiger partial charge on any atom is 0.226 e. The van der Waals surface area contributed by atoms with Crippen LogP contribution in [0.4, 0.5) is 0 Å². The van der Waals surface area contributed by atoms with E-state index in [1.165, 1.54) is 27.7 Å². The van der Waals surface area contributed by atoms with E-state index >= 15 is 0 Å². The fourth-order valence-electron chi connectivity index (χ4n) is 3.93. The summed E-state index contributed by atoms with van der Waals surface area (Å²) in [5, 5.41) is 14.5. The summed E-state index contributed by atoms with van der Waals surface area (Å²) in [4.78, 5) is 69.3. The molecular weight excluding hydrogens is 568 g/mol. The van der Waals surface area contributed by atoms with Gasteiger partial charge in [0.1, 0.15) is 11.6 Å². The number of carbonyl (C=O) groups excluding carboxylic acids is 6. The van der Waals surface area contributed by atoms with Crippen LogP contribution in [0, 0.1) is 17.8 Å². The van der Waals surface area contributed by atoms with E-state index in [1.54, 1.807) is 0 Å². The minimum atomic E-state index is -0.783. The Hall–Kier alpha value is -1.80. The number of carbonyl (C=O) groups is 6. The SMILES string of the molecule is CC(=O)C[C@@H](CC(C)C)C(=O)N[C@@H](CCCN)C(C)=O.CC(=O)C[C@@H](CO)C(=O)N[C@@H](CCCCN)C(C)=O.S.S. The topological polar surface area (TPSA) is 199 Å². The van der Waals surface area contributed by atoms with Gasteiger partial charge in [-0.05, 0) is 85.2 Å². The van der Waals surface area contributed by atoms with Crippen LogP contribution in [0.5, 0.6) is 0 Å². The number of aliphatic hydroxyl groups excluding tert-OH is 1. The van der Waals surface area contributed by atoms with Crippen molar-refractivity contribution in [2.45, 2.75) is 105 Å². The molecule has 2 amide bonds. The summed E-state index contributed by atoms with van der Waals surface area (Å²) in [6, 6.07) is -1.06. The highest BCUT2D eigenvalue weighted by molar-refractivity contribution is 7.59. The van der Waals surface area contributed by atoms with Crippen LogP contribution in [0.1, 0.15) is 92.9 Å². The van der Waals surface area contributed by atoms with E-state index < -0.39 is 30.5 Å². The van der Waals surface area contributed by atoms with E-state index in [2.05, 4.69) is 10.6 Å². The number of nitrogens with two attached hydrogens (primary N) is 2. The molecule has 0 saturated carbocycles. The van der Waals surface area contributed by atoms with Crippen molar-refractivity contribution in [2.24, 2.45) is 29.2 Å². The molecule has 11 nitrogen and oxygen atoms in total. The second-order valence-corrected chi connectivity index (χ2v) is 10.6. The second kappa shape index (κ2) is 27.1. The molecular formula is C28H56N4O7S2.